The molecule has 0 aliphatic rings. The van der Waals surface area contributed by atoms with Gasteiger partial charge in [0.25, 0.3) is 0 Å². The predicted molar refractivity (Wildman–Crippen MR) is 78.1 cm³/mol. The van der Waals surface area contributed by atoms with Crippen molar-refractivity contribution < 1.29 is 9.90 Å². The molecular weight excluding hydrogens is 238 g/mol. The predicted octanol–water partition coefficient (Wildman–Crippen LogP) is 3.70. The van der Waals surface area contributed by atoms with E-state index in [1.807, 2.05) is 6.92 Å². The lowest BCUT2D eigenvalue weighted by molar-refractivity contribution is -0.138. The van der Waals surface area contributed by atoms with Crippen molar-refractivity contribution in [2.45, 2.75) is 52.0 Å². The quantitative estimate of drug-likeness (QED) is 0.788. The molecule has 0 saturated carbocycles. The van der Waals surface area contributed by atoms with Gasteiger partial charge in [0.15, 0.2) is 0 Å². The Bertz CT molecular complexity index is 400. The van der Waals surface area contributed by atoms with E-state index >= 15 is 0 Å². The fraction of sp³-hybridized carbons (Fsp3) is 0.562. The van der Waals surface area contributed by atoms with E-state index in [-0.39, 0.29) is 18.4 Å². The van der Waals surface area contributed by atoms with Crippen molar-refractivity contribution in [1.29, 1.82) is 0 Å². The fourth-order valence-electron chi connectivity index (χ4n) is 2.26. The van der Waals surface area contributed by atoms with E-state index in [0.29, 0.717) is 12.3 Å². The maximum Gasteiger partial charge on any atom is 0.303 e. The van der Waals surface area contributed by atoms with Crippen molar-refractivity contribution >= 4 is 5.97 Å². The van der Waals surface area contributed by atoms with E-state index in [1.54, 1.807) is 0 Å². The molecule has 1 aromatic carbocycles. The van der Waals surface area contributed by atoms with Crippen LogP contribution in [0.25, 0.3) is 0 Å². The molecule has 3 N–H and O–H groups in total. The lowest BCUT2D eigenvalue weighted by Gasteiger charge is -2.17. The van der Waals surface area contributed by atoms with Crippen LogP contribution in [0.3, 0.4) is 0 Å². The Labute approximate surface area is 115 Å². The average Bonchev–Trinajstić information content (AvgIpc) is 2.36. The highest BCUT2D eigenvalue weighted by Gasteiger charge is 2.14. The molecule has 3 heteroatoms. The Kier molecular flexibility index (Phi) is 6.03. The van der Waals surface area contributed by atoms with Crippen LogP contribution in [0.2, 0.25) is 0 Å². The van der Waals surface area contributed by atoms with Crippen LogP contribution in [-0.2, 0) is 4.79 Å². The minimum Gasteiger partial charge on any atom is -0.481 e. The van der Waals surface area contributed by atoms with Crippen molar-refractivity contribution in [2.24, 2.45) is 11.7 Å². The first kappa shape index (κ1) is 15.7. The molecule has 0 radical (unpaired) electrons. The third kappa shape index (κ3) is 5.03. The number of hydrogen-bond acceptors (Lipinski definition) is 2. The molecule has 0 aromatic heterocycles. The summed E-state index contributed by atoms with van der Waals surface area (Å²) in [4.78, 5) is 10.6. The van der Waals surface area contributed by atoms with Crippen LogP contribution in [0.15, 0.2) is 24.3 Å². The van der Waals surface area contributed by atoms with E-state index in [0.717, 1.165) is 12.0 Å². The molecule has 3 nitrogen and oxygen atoms in total. The van der Waals surface area contributed by atoms with Crippen molar-refractivity contribution in [2.75, 3.05) is 0 Å². The van der Waals surface area contributed by atoms with Gasteiger partial charge in [0, 0.05) is 12.5 Å². The summed E-state index contributed by atoms with van der Waals surface area (Å²) in [6.07, 6.45) is 2.01. The summed E-state index contributed by atoms with van der Waals surface area (Å²) in [5.74, 6) is -0.0928. The first-order valence-corrected chi connectivity index (χ1v) is 7.01. The molecule has 0 saturated heterocycles. The zero-order chi connectivity index (χ0) is 14.4. The number of carboxylic acids is 1. The summed E-state index contributed by atoms with van der Waals surface area (Å²) in [5.41, 5.74) is 8.56. The van der Waals surface area contributed by atoms with Crippen LogP contribution in [0.4, 0.5) is 0 Å². The highest BCUT2D eigenvalue weighted by molar-refractivity contribution is 5.66. The Hall–Kier alpha value is -1.35. The lowest BCUT2D eigenvalue weighted by atomic mass is 9.92. The zero-order valence-electron chi connectivity index (χ0n) is 12.1. The van der Waals surface area contributed by atoms with Gasteiger partial charge in [0.2, 0.25) is 0 Å². The monoisotopic (exact) mass is 263 g/mol. The van der Waals surface area contributed by atoms with Crippen molar-refractivity contribution in [3.8, 4) is 0 Å². The van der Waals surface area contributed by atoms with E-state index in [2.05, 4.69) is 38.1 Å². The molecule has 0 heterocycles. The maximum absolute atomic E-state index is 10.6. The minimum absolute atomic E-state index is 0.0830. The summed E-state index contributed by atoms with van der Waals surface area (Å²) in [6, 6.07) is 8.32. The Morgan fingerprint density at radius 1 is 1.21 bits per heavy atom. The molecule has 0 bridgehead atoms. The summed E-state index contributed by atoms with van der Waals surface area (Å²) >= 11 is 0. The minimum atomic E-state index is -0.758. The SMILES string of the molecule is CCC(C)c1ccc(C(N)CC(C)CC(=O)O)cc1. The fourth-order valence-corrected chi connectivity index (χ4v) is 2.26. The second kappa shape index (κ2) is 7.29. The summed E-state index contributed by atoms with van der Waals surface area (Å²) in [7, 11) is 0. The topological polar surface area (TPSA) is 63.3 Å². The molecule has 0 aliphatic carbocycles. The van der Waals surface area contributed by atoms with Gasteiger partial charge < -0.3 is 10.8 Å². The maximum atomic E-state index is 10.6. The number of carbonyl (C=O) groups is 1. The molecule has 0 aliphatic heterocycles. The lowest BCUT2D eigenvalue weighted by Crippen LogP contribution is -2.16. The number of carboxylic acid groups (broad SMARTS) is 1. The second-order valence-electron chi connectivity index (χ2n) is 5.52. The van der Waals surface area contributed by atoms with Crippen molar-refractivity contribution in [3.05, 3.63) is 35.4 Å². The Morgan fingerprint density at radius 3 is 2.21 bits per heavy atom. The number of hydrogen-bond donors (Lipinski definition) is 2. The molecule has 1 aromatic rings. The van der Waals surface area contributed by atoms with Gasteiger partial charge >= 0.3 is 5.97 Å². The number of rotatable bonds is 7. The van der Waals surface area contributed by atoms with Crippen LogP contribution < -0.4 is 5.73 Å². The van der Waals surface area contributed by atoms with E-state index in [4.69, 9.17) is 10.8 Å². The number of benzene rings is 1. The molecule has 106 valence electrons. The molecule has 3 atom stereocenters. The van der Waals surface area contributed by atoms with Crippen LogP contribution in [0.1, 0.15) is 63.1 Å². The van der Waals surface area contributed by atoms with E-state index in [1.165, 1.54) is 5.56 Å². The van der Waals surface area contributed by atoms with Crippen molar-refractivity contribution in [1.82, 2.24) is 0 Å². The molecule has 0 fully saturated rings. The molecular formula is C16H25NO2. The first-order chi connectivity index (χ1) is 8.93. The van der Waals surface area contributed by atoms with Crippen molar-refractivity contribution in [3.63, 3.8) is 0 Å². The van der Waals surface area contributed by atoms with Crippen LogP contribution >= 0.6 is 0 Å². The Morgan fingerprint density at radius 2 is 1.74 bits per heavy atom. The highest BCUT2D eigenvalue weighted by atomic mass is 16.4. The van der Waals surface area contributed by atoms with Gasteiger partial charge in [0.1, 0.15) is 0 Å². The summed E-state index contributed by atoms with van der Waals surface area (Å²) in [6.45, 7) is 6.32. The average molecular weight is 263 g/mol. The first-order valence-electron chi connectivity index (χ1n) is 7.01. The smallest absolute Gasteiger partial charge is 0.303 e. The van der Waals surface area contributed by atoms with E-state index < -0.39 is 5.97 Å². The van der Waals surface area contributed by atoms with Gasteiger partial charge in [-0.1, -0.05) is 45.0 Å². The standard InChI is InChI=1S/C16H25NO2/c1-4-12(3)13-5-7-14(8-6-13)15(17)9-11(2)10-16(18)19/h5-8,11-12,15H,4,9-10,17H2,1-3H3,(H,18,19). The van der Waals surface area contributed by atoms with Gasteiger partial charge in [0.05, 0.1) is 0 Å². The van der Waals surface area contributed by atoms with Crippen LogP contribution in [0, 0.1) is 5.92 Å². The normalized spacial score (nSPS) is 15.8. The van der Waals surface area contributed by atoms with Crippen LogP contribution in [-0.4, -0.2) is 11.1 Å². The highest BCUT2D eigenvalue weighted by Crippen LogP contribution is 2.24. The molecule has 19 heavy (non-hydrogen) atoms. The number of aliphatic carboxylic acids is 1. The zero-order valence-corrected chi connectivity index (χ0v) is 12.1. The van der Waals surface area contributed by atoms with E-state index in [9.17, 15) is 4.79 Å². The van der Waals surface area contributed by atoms with Gasteiger partial charge in [-0.25, -0.2) is 0 Å². The van der Waals surface area contributed by atoms with Gasteiger partial charge in [-0.2, -0.15) is 0 Å². The third-order valence-electron chi connectivity index (χ3n) is 3.73. The largest absolute Gasteiger partial charge is 0.481 e. The third-order valence-corrected chi connectivity index (χ3v) is 3.73. The number of nitrogens with two attached hydrogens (primary N) is 1. The Balaban J connectivity index is 2.62. The molecule has 0 amide bonds. The molecule has 1 rings (SSSR count). The van der Waals surface area contributed by atoms with Gasteiger partial charge in [-0.05, 0) is 35.8 Å². The molecule has 0 spiro atoms. The van der Waals surface area contributed by atoms with Crippen LogP contribution in [0.5, 0.6) is 0 Å². The summed E-state index contributed by atoms with van der Waals surface area (Å²) in [5, 5.41) is 8.75. The van der Waals surface area contributed by atoms with Gasteiger partial charge in [-0.15, -0.1) is 0 Å². The second-order valence-corrected chi connectivity index (χ2v) is 5.52. The molecule has 3 unspecified atom stereocenters. The summed E-state index contributed by atoms with van der Waals surface area (Å²) < 4.78 is 0. The van der Waals surface area contributed by atoms with Gasteiger partial charge in [-0.3, -0.25) is 4.79 Å².